The van der Waals surface area contributed by atoms with Crippen molar-refractivity contribution < 1.29 is 17.6 Å². The van der Waals surface area contributed by atoms with E-state index in [2.05, 4.69) is 55.8 Å². The Morgan fingerprint density at radius 1 is 0.929 bits per heavy atom. The van der Waals surface area contributed by atoms with Gasteiger partial charge in [-0.2, -0.15) is 0 Å². The molecule has 230 valence electrons. The summed E-state index contributed by atoms with van der Waals surface area (Å²) in [5.74, 6) is -0.548. The summed E-state index contributed by atoms with van der Waals surface area (Å²) in [6.07, 6.45) is 4.37. The lowest BCUT2D eigenvalue weighted by molar-refractivity contribution is -0.126. The lowest BCUT2D eigenvalue weighted by Crippen LogP contribution is -2.51. The lowest BCUT2D eigenvalue weighted by Gasteiger charge is -2.44. The minimum Gasteiger partial charge on any atom is -0.372 e. The first-order valence-electron chi connectivity index (χ1n) is 15.1. The Hall–Kier alpha value is -2.20. The van der Waals surface area contributed by atoms with E-state index < -0.39 is 18.3 Å². The van der Waals surface area contributed by atoms with Crippen molar-refractivity contribution in [3.63, 3.8) is 0 Å². The van der Waals surface area contributed by atoms with Crippen LogP contribution in [0.1, 0.15) is 85.8 Å². The van der Waals surface area contributed by atoms with E-state index in [-0.39, 0.29) is 34.6 Å². The Bertz CT molecular complexity index is 1490. The number of benzene rings is 2. The van der Waals surface area contributed by atoms with Crippen molar-refractivity contribution in [3.05, 3.63) is 65.1 Å². The molecule has 1 fully saturated rings. The van der Waals surface area contributed by atoms with Crippen LogP contribution in [0.5, 0.6) is 0 Å². The highest BCUT2D eigenvalue weighted by Gasteiger charge is 2.46. The molecule has 1 amide bonds. The highest BCUT2D eigenvalue weighted by atomic mass is 35.5. The van der Waals surface area contributed by atoms with E-state index in [9.17, 15) is 17.6 Å². The van der Waals surface area contributed by atoms with Gasteiger partial charge >= 0.3 is 0 Å². The molecule has 0 bridgehead atoms. The Labute approximate surface area is 256 Å². The molecule has 10 heteroatoms. The van der Waals surface area contributed by atoms with Gasteiger partial charge in [-0.15, -0.1) is 0 Å². The van der Waals surface area contributed by atoms with E-state index in [1.54, 1.807) is 24.3 Å². The van der Waals surface area contributed by atoms with E-state index in [1.165, 1.54) is 12.1 Å². The minimum atomic E-state index is -3.78. The monoisotopic (exact) mass is 633 g/mol. The molecule has 0 radical (unpaired) electrons. The molecule has 4 rings (SSSR count). The van der Waals surface area contributed by atoms with Crippen LogP contribution in [0, 0.1) is 11.7 Å². The standard InChI is InChI=1S/C32H45ClFN3O3SSi/c1-20(2)42(21(3)4,22(5)6)37-19-30(33)29-17-16-28(18-31(29)37)41(39,40)36-27-14-10-25(11-15-27)32(38)35-23(7)24-8-12-26(34)13-9-24/h8-9,12-13,16-23,25,27,36H,10-11,14-15H2,1-7H3,(H,35,38)/t23-,25-,27-/m1/s1. The summed E-state index contributed by atoms with van der Waals surface area (Å²) in [6, 6.07) is 10.9. The van der Waals surface area contributed by atoms with E-state index >= 15 is 0 Å². The van der Waals surface area contributed by atoms with Crippen molar-refractivity contribution in [1.29, 1.82) is 0 Å². The third-order valence-corrected chi connectivity index (χ3v) is 18.0. The first kappa shape index (κ1) is 32.7. The van der Waals surface area contributed by atoms with Crippen LogP contribution < -0.4 is 10.0 Å². The number of hydrogen-bond acceptors (Lipinski definition) is 3. The summed E-state index contributed by atoms with van der Waals surface area (Å²) in [5.41, 5.74) is 2.99. The van der Waals surface area contributed by atoms with Gasteiger partial charge in [0.05, 0.1) is 16.0 Å². The predicted molar refractivity (Wildman–Crippen MR) is 172 cm³/mol. The molecule has 1 saturated carbocycles. The number of carbonyl (C=O) groups excluding carboxylic acids is 1. The second kappa shape index (κ2) is 12.8. The minimum absolute atomic E-state index is 0.0515. The van der Waals surface area contributed by atoms with Crippen molar-refractivity contribution >= 4 is 46.7 Å². The van der Waals surface area contributed by atoms with Gasteiger partial charge < -0.3 is 9.55 Å². The third-order valence-electron chi connectivity index (χ3n) is 9.38. The van der Waals surface area contributed by atoms with Gasteiger partial charge in [0.1, 0.15) is 5.82 Å². The topological polar surface area (TPSA) is 80.2 Å². The molecule has 2 N–H and O–H groups in total. The molecule has 1 heterocycles. The van der Waals surface area contributed by atoms with Gasteiger partial charge in [-0.3, -0.25) is 4.79 Å². The highest BCUT2D eigenvalue weighted by Crippen LogP contribution is 2.45. The zero-order chi connectivity index (χ0) is 31.0. The average Bonchev–Trinajstić information content (AvgIpc) is 3.24. The van der Waals surface area contributed by atoms with Crippen molar-refractivity contribution in [2.75, 3.05) is 0 Å². The molecule has 1 aliphatic carbocycles. The Morgan fingerprint density at radius 3 is 2.05 bits per heavy atom. The van der Waals surface area contributed by atoms with Crippen LogP contribution in [0.15, 0.2) is 53.6 Å². The summed E-state index contributed by atoms with van der Waals surface area (Å²) >= 11 is 6.72. The molecule has 0 aliphatic heterocycles. The summed E-state index contributed by atoms with van der Waals surface area (Å²) in [7, 11) is -5.95. The van der Waals surface area contributed by atoms with Gasteiger partial charge in [0.15, 0.2) is 8.24 Å². The molecule has 0 unspecified atom stereocenters. The van der Waals surface area contributed by atoms with Crippen LogP contribution in [-0.2, 0) is 14.8 Å². The number of hydrogen-bond donors (Lipinski definition) is 2. The number of nitrogens with one attached hydrogen (secondary N) is 2. The number of halogens is 2. The zero-order valence-corrected chi connectivity index (χ0v) is 28.3. The molecule has 6 nitrogen and oxygen atoms in total. The molecular weight excluding hydrogens is 589 g/mol. The molecule has 0 spiro atoms. The van der Waals surface area contributed by atoms with Crippen molar-refractivity contribution in [3.8, 4) is 0 Å². The molecule has 3 aromatic rings. The van der Waals surface area contributed by atoms with Crippen molar-refractivity contribution in [1.82, 2.24) is 14.3 Å². The maximum Gasteiger partial charge on any atom is 0.240 e. The molecule has 1 atom stereocenters. The van der Waals surface area contributed by atoms with Crippen molar-refractivity contribution in [2.24, 2.45) is 5.92 Å². The van der Waals surface area contributed by atoms with Gasteiger partial charge in [0, 0.05) is 29.1 Å². The number of rotatable bonds is 10. The van der Waals surface area contributed by atoms with Crippen molar-refractivity contribution in [2.45, 2.75) is 108 Å². The van der Waals surface area contributed by atoms with Crippen LogP contribution in [0.2, 0.25) is 21.6 Å². The van der Waals surface area contributed by atoms with Crippen LogP contribution >= 0.6 is 11.6 Å². The summed E-state index contributed by atoms with van der Waals surface area (Å²) in [5, 5.41) is 4.54. The third kappa shape index (κ3) is 6.35. The summed E-state index contributed by atoms with van der Waals surface area (Å²) in [6.45, 7) is 15.5. The smallest absolute Gasteiger partial charge is 0.240 e. The Balaban J connectivity index is 1.48. The van der Waals surface area contributed by atoms with Crippen LogP contribution in [0.25, 0.3) is 10.9 Å². The normalized spacial score (nSPS) is 19.1. The SMILES string of the molecule is CC(C)[Si](C(C)C)(C(C)C)n1cc(Cl)c2ccc(S(=O)(=O)N[C@H]3CC[C@H](C(=O)N[C@H](C)c4ccc(F)cc4)CC3)cc21. The van der Waals surface area contributed by atoms with Gasteiger partial charge in [-0.1, -0.05) is 71.3 Å². The molecule has 0 saturated heterocycles. The van der Waals surface area contributed by atoms with Gasteiger partial charge in [0.25, 0.3) is 0 Å². The van der Waals surface area contributed by atoms with E-state index in [0.717, 1.165) is 16.5 Å². The Morgan fingerprint density at radius 2 is 1.50 bits per heavy atom. The molecule has 1 aliphatic rings. The fraction of sp³-hybridized carbons (Fsp3) is 0.531. The van der Waals surface area contributed by atoms with Gasteiger partial charge in [-0.05, 0) is 79.1 Å². The second-order valence-corrected chi connectivity index (χ2v) is 20.7. The van der Waals surface area contributed by atoms with Crippen LogP contribution in [0.3, 0.4) is 0 Å². The number of sulfonamides is 1. The fourth-order valence-corrected chi connectivity index (χ4v) is 15.7. The predicted octanol–water partition coefficient (Wildman–Crippen LogP) is 8.17. The molecule has 2 aromatic carbocycles. The molecule has 42 heavy (non-hydrogen) atoms. The van der Waals surface area contributed by atoms with E-state index in [1.807, 2.05) is 19.2 Å². The average molecular weight is 634 g/mol. The number of aromatic nitrogens is 1. The number of nitrogens with zero attached hydrogens (tertiary/aromatic N) is 1. The number of fused-ring (bicyclic) bond motifs is 1. The maximum absolute atomic E-state index is 13.6. The number of carbonyl (C=O) groups is 1. The van der Waals surface area contributed by atoms with Gasteiger partial charge in [-0.25, -0.2) is 17.5 Å². The lowest BCUT2D eigenvalue weighted by atomic mass is 9.85. The highest BCUT2D eigenvalue weighted by molar-refractivity contribution is 7.89. The van der Waals surface area contributed by atoms with Gasteiger partial charge in [0.2, 0.25) is 15.9 Å². The first-order valence-corrected chi connectivity index (χ1v) is 19.1. The summed E-state index contributed by atoms with van der Waals surface area (Å²) < 4.78 is 45.7. The first-order chi connectivity index (χ1) is 19.7. The molecule has 1 aromatic heterocycles. The quantitative estimate of drug-likeness (QED) is 0.221. The number of amides is 1. The second-order valence-electron chi connectivity index (χ2n) is 12.8. The largest absolute Gasteiger partial charge is 0.372 e. The van der Waals surface area contributed by atoms with Crippen LogP contribution in [-0.4, -0.2) is 32.8 Å². The Kier molecular flexibility index (Phi) is 9.97. The van der Waals surface area contributed by atoms with Crippen LogP contribution in [0.4, 0.5) is 4.39 Å². The maximum atomic E-state index is 13.6. The summed E-state index contributed by atoms with van der Waals surface area (Å²) in [4.78, 5) is 13.1. The fourth-order valence-electron chi connectivity index (χ4n) is 7.41. The molecular formula is C32H45ClFN3O3SSi. The van der Waals surface area contributed by atoms with E-state index in [4.69, 9.17) is 11.6 Å². The zero-order valence-electron chi connectivity index (χ0n) is 25.7. The van der Waals surface area contributed by atoms with E-state index in [0.29, 0.717) is 47.3 Å².